The quantitative estimate of drug-likeness (QED) is 0.0346. The molecule has 0 heterocycles. The highest BCUT2D eigenvalue weighted by Crippen LogP contribution is 2.18. The van der Waals surface area contributed by atoms with Crippen LogP contribution in [0.25, 0.3) is 0 Å². The number of esters is 3. The summed E-state index contributed by atoms with van der Waals surface area (Å²) in [6.07, 6.45) is 43.6. The van der Waals surface area contributed by atoms with Gasteiger partial charge in [-0.3, -0.25) is 14.4 Å². The highest BCUT2D eigenvalue weighted by atomic mass is 16.6. The van der Waals surface area contributed by atoms with Gasteiger partial charge in [-0.1, -0.05) is 240 Å². The number of hydrogen-bond donors (Lipinski definition) is 0. The van der Waals surface area contributed by atoms with Gasteiger partial charge in [0, 0.05) is 19.3 Å². The predicted molar refractivity (Wildman–Crippen MR) is 243 cm³/mol. The fourth-order valence-corrected chi connectivity index (χ4v) is 7.60. The molecule has 0 aliphatic rings. The van der Waals surface area contributed by atoms with E-state index in [-0.39, 0.29) is 31.1 Å². The average Bonchev–Trinajstić information content (AvgIpc) is 3.19. The molecule has 1 unspecified atom stereocenters. The van der Waals surface area contributed by atoms with Crippen LogP contribution in [0.5, 0.6) is 0 Å². The number of hydrogen-bond acceptors (Lipinski definition) is 6. The van der Waals surface area contributed by atoms with Crippen LogP contribution in [0.3, 0.4) is 0 Å². The maximum atomic E-state index is 12.8. The second-order valence-corrected chi connectivity index (χ2v) is 18.2. The van der Waals surface area contributed by atoms with Gasteiger partial charge in [0.25, 0.3) is 0 Å². The van der Waals surface area contributed by atoms with Crippen LogP contribution in [-0.4, -0.2) is 37.2 Å². The number of rotatable bonds is 45. The third-order valence-corrected chi connectivity index (χ3v) is 11.8. The van der Waals surface area contributed by atoms with E-state index in [1.54, 1.807) is 0 Å². The third-order valence-electron chi connectivity index (χ3n) is 11.8. The Labute approximate surface area is 355 Å². The van der Waals surface area contributed by atoms with Crippen LogP contribution in [0.1, 0.15) is 279 Å². The summed E-state index contributed by atoms with van der Waals surface area (Å²) in [6.45, 7) is 11.4. The molecule has 2 atom stereocenters. The molecule has 0 rings (SSSR count). The first-order valence-electron chi connectivity index (χ1n) is 25.3. The van der Waals surface area contributed by atoms with E-state index in [9.17, 15) is 14.4 Å². The Morgan fingerprint density at radius 3 is 1.00 bits per heavy atom. The standard InChI is InChI=1S/C51H98O6/c1-6-8-9-10-11-12-13-14-21-26-31-36-41-49(52)55-44-48(45-56-50(53)42-37-32-27-22-17-15-19-24-29-34-39-46(3)4)57-51(54)43-38-33-28-23-18-16-20-25-30-35-40-47(5)7-2/h46-48H,6-45H2,1-5H3/t47?,48-/m1/s1. The first kappa shape index (κ1) is 55.4. The predicted octanol–water partition coefficient (Wildman–Crippen LogP) is 16.1. The molecule has 0 fully saturated rings. The van der Waals surface area contributed by atoms with E-state index in [0.717, 1.165) is 69.6 Å². The van der Waals surface area contributed by atoms with Crippen molar-refractivity contribution in [3.05, 3.63) is 0 Å². The lowest BCUT2D eigenvalue weighted by molar-refractivity contribution is -0.167. The number of carbonyl (C=O) groups excluding carboxylic acids is 3. The molecule has 0 saturated heterocycles. The van der Waals surface area contributed by atoms with E-state index in [0.29, 0.717) is 19.3 Å². The van der Waals surface area contributed by atoms with Gasteiger partial charge in [-0.05, 0) is 31.1 Å². The topological polar surface area (TPSA) is 78.9 Å². The second kappa shape index (κ2) is 44.0. The lowest BCUT2D eigenvalue weighted by Gasteiger charge is -2.18. The second-order valence-electron chi connectivity index (χ2n) is 18.2. The first-order chi connectivity index (χ1) is 27.8. The van der Waals surface area contributed by atoms with Crippen LogP contribution in [0.2, 0.25) is 0 Å². The summed E-state index contributed by atoms with van der Waals surface area (Å²) in [4.78, 5) is 37.9. The molecule has 0 spiro atoms. The van der Waals surface area contributed by atoms with Gasteiger partial charge < -0.3 is 14.2 Å². The minimum atomic E-state index is -0.761. The zero-order chi connectivity index (χ0) is 41.9. The monoisotopic (exact) mass is 807 g/mol. The highest BCUT2D eigenvalue weighted by Gasteiger charge is 2.19. The zero-order valence-electron chi connectivity index (χ0n) is 39.0. The molecule has 0 bridgehead atoms. The van der Waals surface area contributed by atoms with Gasteiger partial charge in [-0.25, -0.2) is 0 Å². The summed E-state index contributed by atoms with van der Waals surface area (Å²) >= 11 is 0. The van der Waals surface area contributed by atoms with Crippen LogP contribution in [0.15, 0.2) is 0 Å². The summed E-state index contributed by atoms with van der Waals surface area (Å²) in [7, 11) is 0. The van der Waals surface area contributed by atoms with Gasteiger partial charge in [0.05, 0.1) is 0 Å². The largest absolute Gasteiger partial charge is 0.462 e. The Balaban J connectivity index is 4.34. The smallest absolute Gasteiger partial charge is 0.306 e. The molecular weight excluding hydrogens is 709 g/mol. The normalized spacial score (nSPS) is 12.5. The van der Waals surface area contributed by atoms with Crippen LogP contribution >= 0.6 is 0 Å². The fourth-order valence-electron chi connectivity index (χ4n) is 7.60. The van der Waals surface area contributed by atoms with Crippen molar-refractivity contribution < 1.29 is 28.6 Å². The molecular formula is C51H98O6. The van der Waals surface area contributed by atoms with Crippen molar-refractivity contribution in [3.8, 4) is 0 Å². The molecule has 0 saturated carbocycles. The fraction of sp³-hybridized carbons (Fsp3) is 0.941. The van der Waals surface area contributed by atoms with Crippen molar-refractivity contribution in [1.29, 1.82) is 0 Å². The van der Waals surface area contributed by atoms with E-state index in [4.69, 9.17) is 14.2 Å². The minimum Gasteiger partial charge on any atom is -0.462 e. The van der Waals surface area contributed by atoms with Crippen molar-refractivity contribution in [2.45, 2.75) is 285 Å². The number of unbranched alkanes of at least 4 members (excludes halogenated alkanes) is 29. The molecule has 0 aliphatic carbocycles. The molecule has 0 aliphatic heterocycles. The van der Waals surface area contributed by atoms with E-state index in [1.807, 2.05) is 0 Å². The lowest BCUT2D eigenvalue weighted by Crippen LogP contribution is -2.30. The molecule has 6 heteroatoms. The SMILES string of the molecule is CCCCCCCCCCCCCCC(=O)OC[C@H](COC(=O)CCCCCCCCCCCCC(C)C)OC(=O)CCCCCCCCCCCCC(C)CC. The highest BCUT2D eigenvalue weighted by molar-refractivity contribution is 5.71. The Kier molecular flexibility index (Phi) is 42.7. The molecule has 338 valence electrons. The van der Waals surface area contributed by atoms with Gasteiger partial charge in [-0.15, -0.1) is 0 Å². The van der Waals surface area contributed by atoms with Crippen molar-refractivity contribution >= 4 is 17.9 Å². The minimum absolute atomic E-state index is 0.0640. The molecule has 0 amide bonds. The van der Waals surface area contributed by atoms with Crippen molar-refractivity contribution in [1.82, 2.24) is 0 Å². The van der Waals surface area contributed by atoms with E-state index in [1.165, 1.54) is 167 Å². The summed E-state index contributed by atoms with van der Waals surface area (Å²) in [5.41, 5.74) is 0. The maximum Gasteiger partial charge on any atom is 0.306 e. The molecule has 0 aromatic heterocycles. The van der Waals surface area contributed by atoms with Gasteiger partial charge in [0.1, 0.15) is 13.2 Å². The number of ether oxygens (including phenoxy) is 3. The van der Waals surface area contributed by atoms with Crippen molar-refractivity contribution in [2.24, 2.45) is 11.8 Å². The average molecular weight is 807 g/mol. The van der Waals surface area contributed by atoms with Gasteiger partial charge in [0.2, 0.25) is 0 Å². The van der Waals surface area contributed by atoms with Gasteiger partial charge >= 0.3 is 17.9 Å². The van der Waals surface area contributed by atoms with Gasteiger partial charge in [-0.2, -0.15) is 0 Å². The Morgan fingerprint density at radius 1 is 0.368 bits per heavy atom. The molecule has 0 aromatic carbocycles. The summed E-state index contributed by atoms with van der Waals surface area (Å²) < 4.78 is 16.8. The third kappa shape index (κ3) is 43.8. The van der Waals surface area contributed by atoms with Gasteiger partial charge in [0.15, 0.2) is 6.10 Å². The van der Waals surface area contributed by atoms with E-state index < -0.39 is 6.10 Å². The van der Waals surface area contributed by atoms with E-state index >= 15 is 0 Å². The van der Waals surface area contributed by atoms with Crippen LogP contribution < -0.4 is 0 Å². The number of carbonyl (C=O) groups is 3. The first-order valence-corrected chi connectivity index (χ1v) is 25.3. The van der Waals surface area contributed by atoms with Crippen molar-refractivity contribution in [3.63, 3.8) is 0 Å². The molecule has 0 radical (unpaired) electrons. The van der Waals surface area contributed by atoms with Crippen LogP contribution in [-0.2, 0) is 28.6 Å². The molecule has 0 N–H and O–H groups in total. The van der Waals surface area contributed by atoms with Crippen molar-refractivity contribution in [2.75, 3.05) is 13.2 Å². The van der Waals surface area contributed by atoms with Crippen LogP contribution in [0.4, 0.5) is 0 Å². The summed E-state index contributed by atoms with van der Waals surface area (Å²) in [5, 5.41) is 0. The lowest BCUT2D eigenvalue weighted by atomic mass is 9.99. The Bertz CT molecular complexity index is 872. The van der Waals surface area contributed by atoms with E-state index in [2.05, 4.69) is 34.6 Å². The Hall–Kier alpha value is -1.59. The summed E-state index contributed by atoms with van der Waals surface area (Å²) in [5.74, 6) is 0.835. The maximum absolute atomic E-state index is 12.8. The molecule has 0 aromatic rings. The molecule has 57 heavy (non-hydrogen) atoms. The molecule has 6 nitrogen and oxygen atoms in total. The van der Waals surface area contributed by atoms with Crippen LogP contribution in [0, 0.1) is 11.8 Å². The Morgan fingerprint density at radius 2 is 0.667 bits per heavy atom. The zero-order valence-corrected chi connectivity index (χ0v) is 39.0. The summed E-state index contributed by atoms with van der Waals surface area (Å²) in [6, 6.07) is 0.